The van der Waals surface area contributed by atoms with Crippen molar-refractivity contribution in [3.05, 3.63) is 29.3 Å². The number of hydrogen-bond donors (Lipinski definition) is 0. The van der Waals surface area contributed by atoms with Crippen LogP contribution in [0, 0.1) is 6.92 Å². The molecule has 6 heteroatoms. The molecular weight excluding hydrogens is 250 g/mol. The highest BCUT2D eigenvalue weighted by molar-refractivity contribution is 7.86. The van der Waals surface area contributed by atoms with Crippen molar-refractivity contribution in [2.45, 2.75) is 30.1 Å². The summed E-state index contributed by atoms with van der Waals surface area (Å²) in [6, 6.07) is 4.37. The third-order valence-electron chi connectivity index (χ3n) is 2.86. The van der Waals surface area contributed by atoms with Crippen molar-refractivity contribution >= 4 is 10.1 Å². The zero-order valence-electron chi connectivity index (χ0n) is 9.41. The molecule has 1 aromatic carbocycles. The molecule has 0 amide bonds. The Morgan fingerprint density at radius 2 is 2.00 bits per heavy atom. The molecule has 1 aliphatic rings. The van der Waals surface area contributed by atoms with Gasteiger partial charge in [0.15, 0.2) is 0 Å². The van der Waals surface area contributed by atoms with Gasteiger partial charge in [-0.2, -0.15) is 8.42 Å². The lowest BCUT2D eigenvalue weighted by Crippen LogP contribution is -2.08. The predicted octanol–water partition coefficient (Wildman–Crippen LogP) is 2.45. The normalized spacial score (nSPS) is 22.5. The first-order valence-corrected chi connectivity index (χ1v) is 6.48. The minimum atomic E-state index is -3.93. The van der Waals surface area contributed by atoms with Crippen molar-refractivity contribution in [2.24, 2.45) is 0 Å². The second kappa shape index (κ2) is 3.74. The molecule has 0 aromatic heterocycles. The maximum absolute atomic E-state index is 13.1. The highest BCUT2D eigenvalue weighted by Gasteiger charge is 2.58. The Bertz CT molecular complexity index is 552. The molecule has 0 N–H and O–H groups in total. The largest absolute Gasteiger partial charge is 0.296 e. The van der Waals surface area contributed by atoms with E-state index < -0.39 is 22.0 Å². The van der Waals surface area contributed by atoms with Crippen LogP contribution >= 0.6 is 0 Å². The summed E-state index contributed by atoms with van der Waals surface area (Å²) in [7, 11) is -2.92. The van der Waals surface area contributed by atoms with Crippen LogP contribution in [-0.4, -0.2) is 21.5 Å². The van der Waals surface area contributed by atoms with Gasteiger partial charge in [-0.25, -0.2) is 8.78 Å². The van der Waals surface area contributed by atoms with Gasteiger partial charge in [-0.1, -0.05) is 17.7 Å². The van der Waals surface area contributed by atoms with E-state index in [1.165, 1.54) is 12.1 Å². The maximum Gasteiger partial charge on any atom is 0.296 e. The summed E-state index contributed by atoms with van der Waals surface area (Å²) >= 11 is 0. The van der Waals surface area contributed by atoms with Gasteiger partial charge >= 0.3 is 0 Å². The van der Waals surface area contributed by atoms with E-state index in [2.05, 4.69) is 4.18 Å². The van der Waals surface area contributed by atoms with E-state index >= 15 is 0 Å². The van der Waals surface area contributed by atoms with Gasteiger partial charge in [0.25, 0.3) is 16.0 Å². The molecule has 1 fully saturated rings. The van der Waals surface area contributed by atoms with Crippen LogP contribution in [0.15, 0.2) is 23.1 Å². The molecule has 0 saturated heterocycles. The van der Waals surface area contributed by atoms with E-state index in [1.54, 1.807) is 13.0 Å². The fourth-order valence-corrected chi connectivity index (χ4v) is 2.71. The average molecular weight is 262 g/mol. The molecule has 2 rings (SSSR count). The Kier molecular flexibility index (Phi) is 2.74. The summed E-state index contributed by atoms with van der Waals surface area (Å²) in [5.41, 5.74) is 0.898. The first-order valence-electron chi connectivity index (χ1n) is 5.07. The molecule has 17 heavy (non-hydrogen) atoms. The van der Waals surface area contributed by atoms with Crippen molar-refractivity contribution in [1.29, 1.82) is 0 Å². The first-order chi connectivity index (χ1) is 7.78. The van der Waals surface area contributed by atoms with Crippen LogP contribution in [0.25, 0.3) is 0 Å². The monoisotopic (exact) mass is 262 g/mol. The summed E-state index contributed by atoms with van der Waals surface area (Å²) < 4.78 is 53.7. The molecule has 0 aliphatic heterocycles. The smallest absolute Gasteiger partial charge is 0.270 e. The third kappa shape index (κ3) is 2.19. The van der Waals surface area contributed by atoms with Crippen LogP contribution in [0.3, 0.4) is 0 Å². The minimum absolute atomic E-state index is 0.150. The van der Waals surface area contributed by atoms with E-state index in [1.807, 2.05) is 0 Å². The van der Waals surface area contributed by atoms with Crippen LogP contribution in [0.5, 0.6) is 0 Å². The van der Waals surface area contributed by atoms with Crippen molar-refractivity contribution in [2.75, 3.05) is 7.11 Å². The van der Waals surface area contributed by atoms with Crippen LogP contribution in [0.1, 0.15) is 23.5 Å². The van der Waals surface area contributed by atoms with Gasteiger partial charge in [-0.3, -0.25) is 4.18 Å². The molecular formula is C11H12F2O3S. The highest BCUT2D eigenvalue weighted by atomic mass is 32.2. The van der Waals surface area contributed by atoms with Crippen LogP contribution in [-0.2, 0) is 14.3 Å². The van der Waals surface area contributed by atoms with Crippen molar-refractivity contribution in [3.8, 4) is 0 Å². The van der Waals surface area contributed by atoms with E-state index in [0.29, 0.717) is 0 Å². The fourth-order valence-electron chi connectivity index (χ4n) is 1.81. The Labute approximate surface area is 98.5 Å². The standard InChI is InChI=1S/C11H12F2O3S/c1-7-3-4-10(17(14,15)16-2)8(5-7)9-6-11(9,12)13/h3-5,9H,6H2,1-2H3. The van der Waals surface area contributed by atoms with Crippen LogP contribution < -0.4 is 0 Å². The van der Waals surface area contributed by atoms with Gasteiger partial charge < -0.3 is 0 Å². The number of aryl methyl sites for hydroxylation is 1. The van der Waals surface area contributed by atoms with Crippen LogP contribution in [0.2, 0.25) is 0 Å². The molecule has 0 radical (unpaired) electrons. The Balaban J connectivity index is 2.54. The van der Waals surface area contributed by atoms with Gasteiger partial charge in [0, 0.05) is 6.42 Å². The fraction of sp³-hybridized carbons (Fsp3) is 0.455. The van der Waals surface area contributed by atoms with Gasteiger partial charge in [0.05, 0.1) is 17.9 Å². The molecule has 3 nitrogen and oxygen atoms in total. The Morgan fingerprint density at radius 3 is 2.47 bits per heavy atom. The maximum atomic E-state index is 13.1. The lowest BCUT2D eigenvalue weighted by molar-refractivity contribution is 0.111. The number of benzene rings is 1. The summed E-state index contributed by atoms with van der Waals surface area (Å²) in [6.07, 6.45) is -0.303. The second-order valence-corrected chi connectivity index (χ2v) is 5.86. The molecule has 0 bridgehead atoms. The summed E-state index contributed by atoms with van der Waals surface area (Å²) in [6.45, 7) is 1.73. The lowest BCUT2D eigenvalue weighted by atomic mass is 10.1. The van der Waals surface area contributed by atoms with Gasteiger partial charge in [-0.15, -0.1) is 0 Å². The Hall–Kier alpha value is -1.01. The van der Waals surface area contributed by atoms with Crippen molar-refractivity contribution < 1.29 is 21.4 Å². The zero-order valence-corrected chi connectivity index (χ0v) is 10.2. The van der Waals surface area contributed by atoms with Crippen molar-refractivity contribution in [1.82, 2.24) is 0 Å². The van der Waals surface area contributed by atoms with Crippen LogP contribution in [0.4, 0.5) is 8.78 Å². The zero-order chi connectivity index (χ0) is 12.8. The topological polar surface area (TPSA) is 43.4 Å². The first kappa shape index (κ1) is 12.4. The predicted molar refractivity (Wildman–Crippen MR) is 57.7 cm³/mol. The molecule has 1 atom stereocenters. The van der Waals surface area contributed by atoms with Gasteiger partial charge in [0.2, 0.25) is 0 Å². The van der Waals surface area contributed by atoms with E-state index in [9.17, 15) is 17.2 Å². The quantitative estimate of drug-likeness (QED) is 0.786. The molecule has 1 aromatic rings. The SMILES string of the molecule is COS(=O)(=O)c1ccc(C)cc1C1CC1(F)F. The molecule has 0 heterocycles. The molecule has 1 aliphatic carbocycles. The van der Waals surface area contributed by atoms with Gasteiger partial charge in [0.1, 0.15) is 0 Å². The van der Waals surface area contributed by atoms with Gasteiger partial charge in [-0.05, 0) is 18.6 Å². The molecule has 94 valence electrons. The molecule has 1 unspecified atom stereocenters. The van der Waals surface area contributed by atoms with E-state index in [0.717, 1.165) is 12.7 Å². The van der Waals surface area contributed by atoms with Crippen molar-refractivity contribution in [3.63, 3.8) is 0 Å². The third-order valence-corrected chi connectivity index (χ3v) is 4.20. The molecule has 1 saturated carbocycles. The highest BCUT2D eigenvalue weighted by Crippen LogP contribution is 2.57. The molecule has 0 spiro atoms. The van der Waals surface area contributed by atoms with E-state index in [4.69, 9.17) is 0 Å². The number of halogens is 2. The Morgan fingerprint density at radius 1 is 1.41 bits per heavy atom. The number of rotatable bonds is 3. The number of hydrogen-bond acceptors (Lipinski definition) is 3. The van der Waals surface area contributed by atoms with E-state index in [-0.39, 0.29) is 16.9 Å². The number of alkyl halides is 2. The minimum Gasteiger partial charge on any atom is -0.270 e. The summed E-state index contributed by atoms with van der Waals surface area (Å²) in [5, 5.41) is 0. The summed E-state index contributed by atoms with van der Waals surface area (Å²) in [4.78, 5) is -0.159. The lowest BCUT2D eigenvalue weighted by Gasteiger charge is -2.09. The average Bonchev–Trinajstić information content (AvgIpc) is 2.87. The second-order valence-electron chi connectivity index (χ2n) is 4.18. The summed E-state index contributed by atoms with van der Waals surface area (Å²) in [5.74, 6) is -3.81.